The Bertz CT molecular complexity index is 711. The summed E-state index contributed by atoms with van der Waals surface area (Å²) in [6.07, 6.45) is 5.76. The second-order valence-electron chi connectivity index (χ2n) is 6.42. The van der Waals surface area contributed by atoms with E-state index in [-0.39, 0.29) is 5.91 Å². The van der Waals surface area contributed by atoms with Crippen molar-refractivity contribution in [2.75, 3.05) is 18.1 Å². The zero-order valence-electron chi connectivity index (χ0n) is 16.0. The predicted molar refractivity (Wildman–Crippen MR) is 115 cm³/mol. The van der Waals surface area contributed by atoms with Crippen LogP contribution in [0.4, 0.5) is 5.69 Å². The highest BCUT2D eigenvalue weighted by atomic mass is 35.5. The van der Waals surface area contributed by atoms with Crippen LogP contribution in [0.5, 0.6) is 5.75 Å². The van der Waals surface area contributed by atoms with Gasteiger partial charge in [-0.05, 0) is 37.6 Å². The van der Waals surface area contributed by atoms with Crippen molar-refractivity contribution >= 4 is 34.8 Å². The lowest BCUT2D eigenvalue weighted by atomic mass is 10.1. The largest absolute Gasteiger partial charge is 0.490 e. The number of carbonyl (C=O) groups excluding carboxylic acids is 1. The number of benzene rings is 2. The molecule has 0 aromatic heterocycles. The van der Waals surface area contributed by atoms with E-state index in [1.807, 2.05) is 37.3 Å². The zero-order chi connectivity index (χ0) is 19.6. The van der Waals surface area contributed by atoms with E-state index in [0.717, 1.165) is 18.5 Å². The van der Waals surface area contributed by atoms with Gasteiger partial charge in [0, 0.05) is 17.8 Å². The monoisotopic (exact) mass is 407 g/mol. The Hall–Kier alpha value is -1.71. The molecule has 2 aromatic carbocycles. The van der Waals surface area contributed by atoms with Crippen molar-refractivity contribution in [3.63, 3.8) is 0 Å². The molecule has 0 aliphatic carbocycles. The maximum Gasteiger partial charge on any atom is 0.258 e. The summed E-state index contributed by atoms with van der Waals surface area (Å²) in [5.41, 5.74) is 1.29. The van der Waals surface area contributed by atoms with Crippen molar-refractivity contribution in [3.8, 4) is 5.75 Å². The zero-order valence-corrected chi connectivity index (χ0v) is 17.5. The molecular formula is C22H27Cl2NO2. The van der Waals surface area contributed by atoms with Gasteiger partial charge in [0.15, 0.2) is 5.75 Å². The highest BCUT2D eigenvalue weighted by molar-refractivity contribution is 6.37. The van der Waals surface area contributed by atoms with Crippen LogP contribution in [0.2, 0.25) is 10.0 Å². The molecule has 0 bridgehead atoms. The lowest BCUT2D eigenvalue weighted by Gasteiger charge is -2.21. The van der Waals surface area contributed by atoms with Crippen LogP contribution < -0.4 is 9.64 Å². The van der Waals surface area contributed by atoms with Crippen LogP contribution in [0.3, 0.4) is 0 Å². The van der Waals surface area contributed by atoms with Gasteiger partial charge in [-0.1, -0.05) is 74.0 Å². The Morgan fingerprint density at radius 3 is 2.19 bits per heavy atom. The molecule has 5 heteroatoms. The normalized spacial score (nSPS) is 10.7. The first-order valence-corrected chi connectivity index (χ1v) is 10.3. The summed E-state index contributed by atoms with van der Waals surface area (Å²) in [6, 6.07) is 12.8. The van der Waals surface area contributed by atoms with Crippen molar-refractivity contribution in [1.29, 1.82) is 0 Å². The average molecular weight is 408 g/mol. The second-order valence-corrected chi connectivity index (χ2v) is 7.23. The molecule has 0 saturated heterocycles. The number of hydrogen-bond donors (Lipinski definition) is 0. The molecule has 0 atom stereocenters. The fourth-order valence-corrected chi connectivity index (χ4v) is 3.50. The Labute approximate surface area is 172 Å². The van der Waals surface area contributed by atoms with Gasteiger partial charge < -0.3 is 9.64 Å². The van der Waals surface area contributed by atoms with Gasteiger partial charge in [0.25, 0.3) is 5.91 Å². The number of carbonyl (C=O) groups is 1. The van der Waals surface area contributed by atoms with Gasteiger partial charge in [0.1, 0.15) is 0 Å². The van der Waals surface area contributed by atoms with Crippen LogP contribution in [0.1, 0.15) is 56.3 Å². The number of halogens is 2. The first-order valence-electron chi connectivity index (χ1n) is 9.57. The minimum absolute atomic E-state index is 0.140. The van der Waals surface area contributed by atoms with E-state index in [9.17, 15) is 4.79 Å². The summed E-state index contributed by atoms with van der Waals surface area (Å²) in [5, 5.41) is 0.729. The smallest absolute Gasteiger partial charge is 0.258 e. The van der Waals surface area contributed by atoms with Gasteiger partial charge in [-0.15, -0.1) is 0 Å². The molecule has 0 unspecified atom stereocenters. The van der Waals surface area contributed by atoms with E-state index >= 15 is 0 Å². The predicted octanol–water partition coefficient (Wildman–Crippen LogP) is 7.01. The summed E-state index contributed by atoms with van der Waals surface area (Å²) in [5.74, 6) is 0.312. The van der Waals surface area contributed by atoms with Gasteiger partial charge >= 0.3 is 0 Å². The quantitative estimate of drug-likeness (QED) is 0.396. The van der Waals surface area contributed by atoms with E-state index in [2.05, 4.69) is 6.92 Å². The van der Waals surface area contributed by atoms with Crippen LogP contribution in [0.25, 0.3) is 0 Å². The molecule has 0 heterocycles. The fourth-order valence-electron chi connectivity index (χ4n) is 2.91. The van der Waals surface area contributed by atoms with Gasteiger partial charge in [-0.2, -0.15) is 0 Å². The van der Waals surface area contributed by atoms with E-state index in [4.69, 9.17) is 27.9 Å². The summed E-state index contributed by atoms with van der Waals surface area (Å²) in [6.45, 7) is 5.25. The van der Waals surface area contributed by atoms with E-state index in [1.165, 1.54) is 19.3 Å². The van der Waals surface area contributed by atoms with E-state index in [0.29, 0.717) is 34.5 Å². The highest BCUT2D eigenvalue weighted by Gasteiger charge is 2.19. The van der Waals surface area contributed by atoms with Crippen LogP contribution in [-0.2, 0) is 0 Å². The Morgan fingerprint density at radius 2 is 1.59 bits per heavy atom. The second kappa shape index (κ2) is 11.2. The van der Waals surface area contributed by atoms with Gasteiger partial charge in [0.05, 0.1) is 16.7 Å². The topological polar surface area (TPSA) is 29.5 Å². The number of para-hydroxylation sites is 1. The van der Waals surface area contributed by atoms with Crippen molar-refractivity contribution in [2.45, 2.75) is 46.0 Å². The van der Waals surface area contributed by atoms with Crippen LogP contribution in [0.15, 0.2) is 42.5 Å². The molecule has 0 aliphatic rings. The van der Waals surface area contributed by atoms with E-state index in [1.54, 1.807) is 17.0 Å². The first-order chi connectivity index (χ1) is 13.1. The maximum atomic E-state index is 12.9. The average Bonchev–Trinajstić information content (AvgIpc) is 2.67. The van der Waals surface area contributed by atoms with Crippen LogP contribution in [-0.4, -0.2) is 19.1 Å². The first kappa shape index (κ1) is 21.6. The molecule has 27 heavy (non-hydrogen) atoms. The SMILES string of the molecule is CCCCCCCOc1c(Cl)cc(C(=O)N(CC)c2ccccc2)cc1Cl. The summed E-state index contributed by atoms with van der Waals surface area (Å²) >= 11 is 12.7. The van der Waals surface area contributed by atoms with Crippen molar-refractivity contribution in [2.24, 2.45) is 0 Å². The number of amides is 1. The Kier molecular flexibility index (Phi) is 8.96. The molecule has 146 valence electrons. The third-order valence-electron chi connectivity index (χ3n) is 4.37. The number of unbranched alkanes of at least 4 members (excludes halogenated alkanes) is 4. The molecule has 0 spiro atoms. The van der Waals surface area contributed by atoms with Crippen molar-refractivity contribution < 1.29 is 9.53 Å². The van der Waals surface area contributed by atoms with Gasteiger partial charge in [-0.25, -0.2) is 0 Å². The lowest BCUT2D eigenvalue weighted by Crippen LogP contribution is -2.30. The summed E-state index contributed by atoms with van der Waals surface area (Å²) in [4.78, 5) is 14.6. The Morgan fingerprint density at radius 1 is 0.963 bits per heavy atom. The molecule has 0 aliphatic heterocycles. The third kappa shape index (κ3) is 6.15. The third-order valence-corrected chi connectivity index (χ3v) is 4.93. The Balaban J connectivity index is 2.07. The molecule has 2 aromatic rings. The minimum Gasteiger partial charge on any atom is -0.490 e. The number of nitrogens with zero attached hydrogens (tertiary/aromatic N) is 1. The standard InChI is InChI=1S/C22H27Cl2NO2/c1-3-5-6-7-11-14-27-21-19(23)15-17(16-20(21)24)22(26)25(4-2)18-12-9-8-10-13-18/h8-10,12-13,15-16H,3-7,11,14H2,1-2H3. The molecule has 0 N–H and O–H groups in total. The summed E-state index contributed by atoms with van der Waals surface area (Å²) < 4.78 is 5.77. The molecular weight excluding hydrogens is 381 g/mol. The number of ether oxygens (including phenoxy) is 1. The number of hydrogen-bond acceptors (Lipinski definition) is 2. The van der Waals surface area contributed by atoms with Crippen molar-refractivity contribution in [3.05, 3.63) is 58.1 Å². The van der Waals surface area contributed by atoms with Crippen molar-refractivity contribution in [1.82, 2.24) is 0 Å². The van der Waals surface area contributed by atoms with Gasteiger partial charge in [-0.3, -0.25) is 4.79 Å². The minimum atomic E-state index is -0.140. The van der Waals surface area contributed by atoms with E-state index < -0.39 is 0 Å². The highest BCUT2D eigenvalue weighted by Crippen LogP contribution is 2.35. The molecule has 3 nitrogen and oxygen atoms in total. The van der Waals surface area contributed by atoms with Gasteiger partial charge in [0.2, 0.25) is 0 Å². The maximum absolute atomic E-state index is 12.9. The molecule has 0 saturated carbocycles. The van der Waals surface area contributed by atoms with Crippen LogP contribution >= 0.6 is 23.2 Å². The fraction of sp³-hybridized carbons (Fsp3) is 0.409. The van der Waals surface area contributed by atoms with Crippen LogP contribution in [0, 0.1) is 0 Å². The molecule has 2 rings (SSSR count). The molecule has 0 fully saturated rings. The number of anilines is 1. The molecule has 0 radical (unpaired) electrons. The lowest BCUT2D eigenvalue weighted by molar-refractivity contribution is 0.0988. The molecule has 1 amide bonds. The number of rotatable bonds is 10. The summed E-state index contributed by atoms with van der Waals surface area (Å²) in [7, 11) is 0.